The molecule has 1 aromatic rings. The summed E-state index contributed by atoms with van der Waals surface area (Å²) in [4.78, 5) is 2.32. The molecule has 17 heavy (non-hydrogen) atoms. The van der Waals surface area contributed by atoms with Crippen molar-refractivity contribution in [3.05, 3.63) is 29.8 Å². The van der Waals surface area contributed by atoms with Crippen molar-refractivity contribution in [2.75, 3.05) is 26.2 Å². The molecule has 1 rings (SSSR count). The van der Waals surface area contributed by atoms with Crippen LogP contribution >= 0.6 is 0 Å². The molecule has 3 heteroatoms. The molecule has 0 radical (unpaired) electrons. The Morgan fingerprint density at radius 1 is 1.18 bits per heavy atom. The summed E-state index contributed by atoms with van der Waals surface area (Å²) in [6, 6.07) is 7.61. The third-order valence-electron chi connectivity index (χ3n) is 2.93. The monoisotopic (exact) mass is 237 g/mol. The van der Waals surface area contributed by atoms with Gasteiger partial charge < -0.3 is 14.7 Å². The van der Waals surface area contributed by atoms with Gasteiger partial charge in [0.25, 0.3) is 0 Å². The summed E-state index contributed by atoms with van der Waals surface area (Å²) in [5.74, 6) is 0.863. The number of benzene rings is 1. The van der Waals surface area contributed by atoms with Crippen molar-refractivity contribution in [3.63, 3.8) is 0 Å². The van der Waals surface area contributed by atoms with E-state index in [0.29, 0.717) is 6.61 Å². The summed E-state index contributed by atoms with van der Waals surface area (Å²) in [7, 11) is 0. The number of nitrogens with zero attached hydrogens (tertiary/aromatic N) is 1. The van der Waals surface area contributed by atoms with Crippen LogP contribution in [-0.2, 0) is 0 Å². The van der Waals surface area contributed by atoms with E-state index in [9.17, 15) is 5.11 Å². The Morgan fingerprint density at radius 3 is 2.24 bits per heavy atom. The lowest BCUT2D eigenvalue weighted by atomic mass is 10.1. The molecule has 0 heterocycles. The highest BCUT2D eigenvalue weighted by Crippen LogP contribution is 2.17. The summed E-state index contributed by atoms with van der Waals surface area (Å²) < 4.78 is 5.65. The number of aliphatic hydroxyl groups excluding tert-OH is 1. The number of hydrogen-bond acceptors (Lipinski definition) is 3. The van der Waals surface area contributed by atoms with Gasteiger partial charge >= 0.3 is 0 Å². The van der Waals surface area contributed by atoms with Crippen molar-refractivity contribution in [1.29, 1.82) is 0 Å². The van der Waals surface area contributed by atoms with E-state index in [4.69, 9.17) is 4.74 Å². The minimum absolute atomic E-state index is 0.417. The number of likely N-dealkylation sites (N-methyl/N-ethyl adjacent to an activating group) is 1. The molecule has 1 N–H and O–H groups in total. The van der Waals surface area contributed by atoms with Crippen molar-refractivity contribution in [2.45, 2.75) is 26.9 Å². The van der Waals surface area contributed by atoms with Crippen LogP contribution in [-0.4, -0.2) is 36.2 Å². The fourth-order valence-electron chi connectivity index (χ4n) is 1.67. The topological polar surface area (TPSA) is 32.7 Å². The maximum atomic E-state index is 9.38. The quantitative estimate of drug-likeness (QED) is 0.790. The first-order valence-electron chi connectivity index (χ1n) is 6.30. The van der Waals surface area contributed by atoms with E-state index < -0.39 is 6.10 Å². The van der Waals surface area contributed by atoms with Crippen LogP contribution in [0.3, 0.4) is 0 Å². The van der Waals surface area contributed by atoms with Crippen LogP contribution in [0.5, 0.6) is 5.75 Å². The van der Waals surface area contributed by atoms with Crippen LogP contribution in [0.4, 0.5) is 0 Å². The Hall–Kier alpha value is -1.06. The molecular formula is C14H23NO2. The Morgan fingerprint density at radius 2 is 1.76 bits per heavy atom. The molecule has 3 nitrogen and oxygen atoms in total. The minimum Gasteiger partial charge on any atom is -0.492 e. The molecule has 0 aromatic heterocycles. The molecule has 0 bridgehead atoms. The van der Waals surface area contributed by atoms with Crippen molar-refractivity contribution in [3.8, 4) is 5.75 Å². The SMILES string of the molecule is CCN(CC)CCOc1ccc([C@@H](C)O)cc1. The summed E-state index contributed by atoms with van der Waals surface area (Å²) >= 11 is 0. The van der Waals surface area contributed by atoms with Gasteiger partial charge in [-0.15, -0.1) is 0 Å². The van der Waals surface area contributed by atoms with Gasteiger partial charge in [-0.2, -0.15) is 0 Å². The first kappa shape index (κ1) is 14.0. The molecule has 0 aliphatic rings. The predicted molar refractivity (Wildman–Crippen MR) is 70.4 cm³/mol. The van der Waals surface area contributed by atoms with Crippen molar-refractivity contribution in [2.24, 2.45) is 0 Å². The number of aliphatic hydroxyl groups is 1. The molecule has 0 amide bonds. The number of ether oxygens (including phenoxy) is 1. The van der Waals surface area contributed by atoms with Gasteiger partial charge in [0.05, 0.1) is 6.10 Å². The molecule has 0 aliphatic heterocycles. The van der Waals surface area contributed by atoms with Gasteiger partial charge in [0.1, 0.15) is 12.4 Å². The van der Waals surface area contributed by atoms with E-state index in [1.165, 1.54) is 0 Å². The van der Waals surface area contributed by atoms with E-state index in [0.717, 1.165) is 30.9 Å². The zero-order valence-electron chi connectivity index (χ0n) is 11.0. The van der Waals surface area contributed by atoms with Crippen LogP contribution in [0.1, 0.15) is 32.4 Å². The number of hydrogen-bond donors (Lipinski definition) is 1. The lowest BCUT2D eigenvalue weighted by Crippen LogP contribution is -2.27. The third-order valence-corrected chi connectivity index (χ3v) is 2.93. The molecule has 0 saturated heterocycles. The van der Waals surface area contributed by atoms with Gasteiger partial charge in [-0.3, -0.25) is 0 Å². The standard InChI is InChI=1S/C14H23NO2/c1-4-15(5-2)10-11-17-14-8-6-13(7-9-14)12(3)16/h6-9,12,16H,4-5,10-11H2,1-3H3/t12-/m1/s1. The minimum atomic E-state index is -0.417. The summed E-state index contributed by atoms with van der Waals surface area (Å²) in [5.41, 5.74) is 0.918. The van der Waals surface area contributed by atoms with Gasteiger partial charge in [-0.05, 0) is 37.7 Å². The largest absolute Gasteiger partial charge is 0.492 e. The molecule has 1 aromatic carbocycles. The Kier molecular flexibility index (Phi) is 6.01. The Labute approximate surface area is 104 Å². The van der Waals surface area contributed by atoms with Crippen LogP contribution in [0.2, 0.25) is 0 Å². The Balaban J connectivity index is 2.37. The van der Waals surface area contributed by atoms with Crippen molar-refractivity contribution >= 4 is 0 Å². The van der Waals surface area contributed by atoms with Gasteiger partial charge in [0.2, 0.25) is 0 Å². The van der Waals surface area contributed by atoms with Crippen molar-refractivity contribution < 1.29 is 9.84 Å². The maximum absolute atomic E-state index is 9.38. The average Bonchev–Trinajstić information content (AvgIpc) is 2.35. The van der Waals surface area contributed by atoms with Gasteiger partial charge in [0.15, 0.2) is 0 Å². The van der Waals surface area contributed by atoms with Crippen LogP contribution in [0, 0.1) is 0 Å². The fraction of sp³-hybridized carbons (Fsp3) is 0.571. The molecule has 0 fully saturated rings. The summed E-state index contributed by atoms with van der Waals surface area (Å²) in [6.07, 6.45) is -0.417. The summed E-state index contributed by atoms with van der Waals surface area (Å²) in [6.45, 7) is 9.83. The molecule has 0 spiro atoms. The second kappa shape index (κ2) is 7.30. The smallest absolute Gasteiger partial charge is 0.119 e. The molecule has 96 valence electrons. The zero-order chi connectivity index (χ0) is 12.7. The van der Waals surface area contributed by atoms with Gasteiger partial charge in [0, 0.05) is 6.54 Å². The normalized spacial score (nSPS) is 12.8. The van der Waals surface area contributed by atoms with E-state index >= 15 is 0 Å². The molecular weight excluding hydrogens is 214 g/mol. The van der Waals surface area contributed by atoms with E-state index in [1.54, 1.807) is 6.92 Å². The first-order valence-corrected chi connectivity index (χ1v) is 6.30. The highest BCUT2D eigenvalue weighted by atomic mass is 16.5. The molecule has 0 unspecified atom stereocenters. The van der Waals surface area contributed by atoms with Gasteiger partial charge in [-0.1, -0.05) is 26.0 Å². The molecule has 0 saturated carbocycles. The second-order valence-corrected chi connectivity index (χ2v) is 4.12. The zero-order valence-corrected chi connectivity index (χ0v) is 11.0. The predicted octanol–water partition coefficient (Wildman–Crippen LogP) is 2.46. The fourth-order valence-corrected chi connectivity index (χ4v) is 1.67. The first-order chi connectivity index (χ1) is 8.17. The van der Waals surface area contributed by atoms with Crippen LogP contribution in [0.25, 0.3) is 0 Å². The maximum Gasteiger partial charge on any atom is 0.119 e. The highest BCUT2D eigenvalue weighted by Gasteiger charge is 2.02. The van der Waals surface area contributed by atoms with Crippen molar-refractivity contribution in [1.82, 2.24) is 4.90 Å². The molecule has 0 aliphatic carbocycles. The lowest BCUT2D eigenvalue weighted by molar-refractivity contribution is 0.199. The lowest BCUT2D eigenvalue weighted by Gasteiger charge is -2.18. The second-order valence-electron chi connectivity index (χ2n) is 4.12. The van der Waals surface area contributed by atoms with Crippen LogP contribution < -0.4 is 4.74 Å². The molecule has 1 atom stereocenters. The van der Waals surface area contributed by atoms with E-state index in [1.807, 2.05) is 24.3 Å². The Bertz CT molecular complexity index is 305. The third kappa shape index (κ3) is 4.75. The van der Waals surface area contributed by atoms with Crippen LogP contribution in [0.15, 0.2) is 24.3 Å². The van der Waals surface area contributed by atoms with Gasteiger partial charge in [-0.25, -0.2) is 0 Å². The van der Waals surface area contributed by atoms with E-state index in [2.05, 4.69) is 18.7 Å². The number of rotatable bonds is 7. The van der Waals surface area contributed by atoms with E-state index in [-0.39, 0.29) is 0 Å². The summed E-state index contributed by atoms with van der Waals surface area (Å²) in [5, 5.41) is 9.38. The highest BCUT2D eigenvalue weighted by molar-refractivity contribution is 5.28. The average molecular weight is 237 g/mol.